The SMILES string of the molecule is CCc1oc(C(=O)NCC(C)(C)N)cc1C. The molecule has 0 unspecified atom stereocenters. The van der Waals surface area contributed by atoms with E-state index < -0.39 is 5.54 Å². The molecule has 0 aliphatic carbocycles. The van der Waals surface area contributed by atoms with Gasteiger partial charge in [0, 0.05) is 18.5 Å². The van der Waals surface area contributed by atoms with Gasteiger partial charge in [-0.1, -0.05) is 6.92 Å². The van der Waals surface area contributed by atoms with E-state index in [2.05, 4.69) is 5.32 Å². The number of hydrogen-bond acceptors (Lipinski definition) is 3. The van der Waals surface area contributed by atoms with Gasteiger partial charge in [-0.3, -0.25) is 4.79 Å². The standard InChI is InChI=1S/C12H20N2O2/c1-5-9-8(2)6-10(16-9)11(15)14-7-12(3,4)13/h6H,5,7,13H2,1-4H3,(H,14,15). The fraction of sp³-hybridized carbons (Fsp3) is 0.583. The zero-order chi connectivity index (χ0) is 12.3. The molecule has 0 radical (unpaired) electrons. The van der Waals surface area contributed by atoms with E-state index in [9.17, 15) is 4.79 Å². The van der Waals surface area contributed by atoms with Crippen LogP contribution in [0.5, 0.6) is 0 Å². The van der Waals surface area contributed by atoms with Crippen LogP contribution in [0.25, 0.3) is 0 Å². The third kappa shape index (κ3) is 3.38. The van der Waals surface area contributed by atoms with Crippen molar-refractivity contribution in [1.29, 1.82) is 0 Å². The maximum absolute atomic E-state index is 11.7. The summed E-state index contributed by atoms with van der Waals surface area (Å²) in [6.07, 6.45) is 0.793. The number of carbonyl (C=O) groups is 1. The van der Waals surface area contributed by atoms with Gasteiger partial charge in [0.2, 0.25) is 0 Å². The van der Waals surface area contributed by atoms with Gasteiger partial charge in [0.05, 0.1) is 0 Å². The summed E-state index contributed by atoms with van der Waals surface area (Å²) in [5.41, 5.74) is 6.38. The van der Waals surface area contributed by atoms with E-state index in [1.165, 1.54) is 0 Å². The van der Waals surface area contributed by atoms with Gasteiger partial charge in [-0.2, -0.15) is 0 Å². The highest BCUT2D eigenvalue weighted by molar-refractivity contribution is 5.91. The van der Waals surface area contributed by atoms with Crippen LogP contribution in [0.4, 0.5) is 0 Å². The number of rotatable bonds is 4. The van der Waals surface area contributed by atoms with Crippen molar-refractivity contribution in [3.8, 4) is 0 Å². The van der Waals surface area contributed by atoms with E-state index >= 15 is 0 Å². The summed E-state index contributed by atoms with van der Waals surface area (Å²) in [7, 11) is 0. The lowest BCUT2D eigenvalue weighted by Gasteiger charge is -2.18. The Bertz CT molecular complexity index is 375. The lowest BCUT2D eigenvalue weighted by molar-refractivity contribution is 0.0916. The molecule has 0 aliphatic rings. The van der Waals surface area contributed by atoms with E-state index in [0.717, 1.165) is 17.7 Å². The molecule has 0 aromatic carbocycles. The van der Waals surface area contributed by atoms with Crippen LogP contribution in [0, 0.1) is 6.92 Å². The van der Waals surface area contributed by atoms with Crippen LogP contribution < -0.4 is 11.1 Å². The monoisotopic (exact) mass is 224 g/mol. The molecule has 0 bridgehead atoms. The molecule has 0 fully saturated rings. The number of carbonyl (C=O) groups excluding carboxylic acids is 1. The summed E-state index contributed by atoms with van der Waals surface area (Å²) < 4.78 is 5.44. The van der Waals surface area contributed by atoms with Gasteiger partial charge in [0.1, 0.15) is 5.76 Å². The van der Waals surface area contributed by atoms with Crippen molar-refractivity contribution in [2.24, 2.45) is 5.73 Å². The van der Waals surface area contributed by atoms with Gasteiger partial charge in [-0.05, 0) is 32.4 Å². The minimum absolute atomic E-state index is 0.207. The average molecular weight is 224 g/mol. The van der Waals surface area contributed by atoms with Gasteiger partial charge in [0.25, 0.3) is 5.91 Å². The highest BCUT2D eigenvalue weighted by Gasteiger charge is 2.16. The Morgan fingerprint density at radius 2 is 2.19 bits per heavy atom. The molecule has 4 nitrogen and oxygen atoms in total. The molecule has 0 aliphatic heterocycles. The Morgan fingerprint density at radius 1 is 1.56 bits per heavy atom. The van der Waals surface area contributed by atoms with E-state index in [-0.39, 0.29) is 5.91 Å². The number of amides is 1. The number of nitrogens with two attached hydrogens (primary N) is 1. The van der Waals surface area contributed by atoms with Gasteiger partial charge in [-0.15, -0.1) is 0 Å². The average Bonchev–Trinajstić information content (AvgIpc) is 2.55. The molecule has 0 saturated heterocycles. The lowest BCUT2D eigenvalue weighted by Crippen LogP contribution is -2.45. The van der Waals surface area contributed by atoms with E-state index in [1.54, 1.807) is 6.07 Å². The van der Waals surface area contributed by atoms with Gasteiger partial charge in [-0.25, -0.2) is 0 Å². The van der Waals surface area contributed by atoms with Crippen LogP contribution in [0.2, 0.25) is 0 Å². The summed E-state index contributed by atoms with van der Waals surface area (Å²) in [4.78, 5) is 11.7. The van der Waals surface area contributed by atoms with Crippen LogP contribution >= 0.6 is 0 Å². The molecule has 3 N–H and O–H groups in total. The van der Waals surface area contributed by atoms with Crippen LogP contribution in [0.3, 0.4) is 0 Å². The van der Waals surface area contributed by atoms with Crippen molar-refractivity contribution < 1.29 is 9.21 Å². The van der Waals surface area contributed by atoms with E-state index in [1.807, 2.05) is 27.7 Å². The van der Waals surface area contributed by atoms with E-state index in [0.29, 0.717) is 12.3 Å². The fourth-order valence-electron chi connectivity index (χ4n) is 1.38. The van der Waals surface area contributed by atoms with Crippen LogP contribution in [0.1, 0.15) is 42.6 Å². The smallest absolute Gasteiger partial charge is 0.287 e. The normalized spacial score (nSPS) is 11.6. The van der Waals surface area contributed by atoms with Crippen LogP contribution in [-0.2, 0) is 6.42 Å². The second kappa shape index (κ2) is 4.70. The van der Waals surface area contributed by atoms with Crippen LogP contribution in [0.15, 0.2) is 10.5 Å². The molecule has 1 aromatic heterocycles. The number of aryl methyl sites for hydroxylation is 2. The maximum atomic E-state index is 11.7. The Morgan fingerprint density at radius 3 is 2.62 bits per heavy atom. The predicted molar refractivity (Wildman–Crippen MR) is 63.4 cm³/mol. The molecule has 0 spiro atoms. The molecule has 4 heteroatoms. The Hall–Kier alpha value is -1.29. The number of furan rings is 1. The highest BCUT2D eigenvalue weighted by Crippen LogP contribution is 2.14. The minimum atomic E-state index is -0.412. The van der Waals surface area contributed by atoms with Crippen molar-refractivity contribution in [2.45, 2.75) is 39.7 Å². The van der Waals surface area contributed by atoms with Gasteiger partial charge < -0.3 is 15.5 Å². The molecule has 1 heterocycles. The molecular weight excluding hydrogens is 204 g/mol. The van der Waals surface area contributed by atoms with Crippen molar-refractivity contribution in [3.63, 3.8) is 0 Å². The summed E-state index contributed by atoms with van der Waals surface area (Å²) >= 11 is 0. The minimum Gasteiger partial charge on any atom is -0.456 e. The van der Waals surface area contributed by atoms with Gasteiger partial charge >= 0.3 is 0 Å². The number of hydrogen-bond donors (Lipinski definition) is 2. The first-order valence-electron chi connectivity index (χ1n) is 5.50. The molecule has 16 heavy (non-hydrogen) atoms. The first-order chi connectivity index (χ1) is 7.33. The Labute approximate surface area is 96.2 Å². The molecular formula is C12H20N2O2. The molecule has 1 rings (SSSR count). The summed E-state index contributed by atoms with van der Waals surface area (Å²) in [5.74, 6) is 1.01. The third-order valence-electron chi connectivity index (χ3n) is 2.27. The molecule has 1 aromatic rings. The first-order valence-corrected chi connectivity index (χ1v) is 5.50. The lowest BCUT2D eigenvalue weighted by atomic mass is 10.1. The largest absolute Gasteiger partial charge is 0.456 e. The first kappa shape index (κ1) is 12.8. The fourth-order valence-corrected chi connectivity index (χ4v) is 1.38. The second-order valence-corrected chi connectivity index (χ2v) is 4.74. The quantitative estimate of drug-likeness (QED) is 0.816. The van der Waals surface area contributed by atoms with Crippen molar-refractivity contribution in [3.05, 3.63) is 23.2 Å². The maximum Gasteiger partial charge on any atom is 0.287 e. The Kier molecular flexibility index (Phi) is 3.75. The second-order valence-electron chi connectivity index (χ2n) is 4.74. The summed E-state index contributed by atoms with van der Waals surface area (Å²) in [6, 6.07) is 1.76. The third-order valence-corrected chi connectivity index (χ3v) is 2.27. The zero-order valence-corrected chi connectivity index (χ0v) is 10.4. The zero-order valence-electron chi connectivity index (χ0n) is 10.4. The van der Waals surface area contributed by atoms with Crippen molar-refractivity contribution in [2.75, 3.05) is 6.54 Å². The molecule has 90 valence electrons. The molecule has 0 saturated carbocycles. The molecule has 0 atom stereocenters. The summed E-state index contributed by atoms with van der Waals surface area (Å²) in [6.45, 7) is 8.08. The highest BCUT2D eigenvalue weighted by atomic mass is 16.4. The van der Waals surface area contributed by atoms with Crippen molar-refractivity contribution in [1.82, 2.24) is 5.32 Å². The number of nitrogens with one attached hydrogen (secondary N) is 1. The van der Waals surface area contributed by atoms with Gasteiger partial charge in [0.15, 0.2) is 5.76 Å². The van der Waals surface area contributed by atoms with Crippen LogP contribution in [-0.4, -0.2) is 18.0 Å². The summed E-state index contributed by atoms with van der Waals surface area (Å²) in [5, 5.41) is 2.75. The van der Waals surface area contributed by atoms with Crippen molar-refractivity contribution >= 4 is 5.91 Å². The molecule has 1 amide bonds. The van der Waals surface area contributed by atoms with E-state index in [4.69, 9.17) is 10.2 Å². The predicted octanol–water partition coefficient (Wildman–Crippen LogP) is 1.62. The topological polar surface area (TPSA) is 68.3 Å². The Balaban J connectivity index is 2.66.